The summed E-state index contributed by atoms with van der Waals surface area (Å²) in [6.45, 7) is 0. The molecular formula is C28H25N3O3S. The molecule has 3 aromatic carbocycles. The number of hydrogen-bond acceptors (Lipinski definition) is 6. The highest BCUT2D eigenvalue weighted by atomic mass is 32.2. The van der Waals surface area contributed by atoms with Crippen LogP contribution in [0.25, 0.3) is 0 Å². The Morgan fingerprint density at radius 2 is 1.77 bits per heavy atom. The number of carbonyl (C=O) groups is 1. The molecule has 0 aliphatic carbocycles. The van der Waals surface area contributed by atoms with Crippen LogP contribution >= 0.6 is 11.8 Å². The molecule has 1 unspecified atom stereocenters. The average molecular weight is 484 g/mol. The number of rotatable bonds is 7. The topological polar surface area (TPSA) is 63.7 Å². The van der Waals surface area contributed by atoms with Crippen LogP contribution in [0, 0.1) is 0 Å². The van der Waals surface area contributed by atoms with Gasteiger partial charge in [0.25, 0.3) is 5.91 Å². The van der Waals surface area contributed by atoms with Crippen molar-refractivity contribution in [2.45, 2.75) is 16.9 Å². The van der Waals surface area contributed by atoms with Gasteiger partial charge in [-0.1, -0.05) is 24.3 Å². The second-order valence-corrected chi connectivity index (χ2v) is 8.99. The van der Waals surface area contributed by atoms with E-state index < -0.39 is 0 Å². The number of ether oxygens (including phenoxy) is 2. The lowest BCUT2D eigenvalue weighted by molar-refractivity contribution is 0.0981. The molecule has 7 heteroatoms. The fraction of sp³-hybridized carbons (Fsp3) is 0.143. The molecule has 4 aromatic rings. The van der Waals surface area contributed by atoms with Crippen molar-refractivity contribution in [3.63, 3.8) is 0 Å². The Morgan fingerprint density at radius 3 is 2.51 bits per heavy atom. The number of pyridine rings is 1. The molecule has 0 saturated heterocycles. The van der Waals surface area contributed by atoms with Gasteiger partial charge >= 0.3 is 0 Å². The minimum Gasteiger partial charge on any atom is -0.497 e. The van der Waals surface area contributed by atoms with Crippen LogP contribution in [0.1, 0.15) is 27.7 Å². The van der Waals surface area contributed by atoms with Gasteiger partial charge in [-0.3, -0.25) is 9.69 Å². The van der Waals surface area contributed by atoms with Crippen molar-refractivity contribution in [3.05, 3.63) is 108 Å². The quantitative estimate of drug-likeness (QED) is 0.318. The van der Waals surface area contributed by atoms with Crippen molar-refractivity contribution in [1.82, 2.24) is 4.98 Å². The fourth-order valence-electron chi connectivity index (χ4n) is 4.15. The number of nitrogens with zero attached hydrogens (tertiary/aromatic N) is 2. The van der Waals surface area contributed by atoms with Crippen LogP contribution < -0.4 is 19.7 Å². The summed E-state index contributed by atoms with van der Waals surface area (Å²) in [4.78, 5) is 19.9. The van der Waals surface area contributed by atoms with Crippen LogP contribution in [-0.4, -0.2) is 25.1 Å². The standard InChI is InChI=1S/C28H25N3O3S/c1-33-22-13-10-19(11-14-22)28(32)31-24-8-4-3-7-23(24)30-27(31)20-12-15-25(34-2)21(17-20)18-35-26-9-5-6-16-29-26/h3-17,27,30H,18H2,1-2H3. The summed E-state index contributed by atoms with van der Waals surface area (Å²) in [7, 11) is 3.29. The third-order valence-electron chi connectivity index (χ3n) is 5.90. The van der Waals surface area contributed by atoms with Gasteiger partial charge in [-0.15, -0.1) is 11.8 Å². The predicted molar refractivity (Wildman–Crippen MR) is 139 cm³/mol. The first-order valence-corrected chi connectivity index (χ1v) is 12.2. The second kappa shape index (κ2) is 10.1. The smallest absolute Gasteiger partial charge is 0.260 e. The Kier molecular flexibility index (Phi) is 6.59. The molecule has 35 heavy (non-hydrogen) atoms. The molecule has 176 valence electrons. The van der Waals surface area contributed by atoms with E-state index in [1.165, 1.54) is 0 Å². The number of nitrogens with one attached hydrogen (secondary N) is 1. The van der Waals surface area contributed by atoms with Gasteiger partial charge in [-0.05, 0) is 66.2 Å². The summed E-state index contributed by atoms with van der Waals surface area (Å²) >= 11 is 1.65. The van der Waals surface area contributed by atoms with Gasteiger partial charge in [0, 0.05) is 23.1 Å². The molecule has 1 aromatic heterocycles. The summed E-state index contributed by atoms with van der Waals surface area (Å²) in [5, 5.41) is 4.48. The first-order chi connectivity index (χ1) is 17.2. The van der Waals surface area contributed by atoms with E-state index in [9.17, 15) is 4.79 Å². The van der Waals surface area contributed by atoms with Crippen LogP contribution in [0.2, 0.25) is 0 Å². The summed E-state index contributed by atoms with van der Waals surface area (Å²) in [5.74, 6) is 2.12. The molecule has 0 spiro atoms. The van der Waals surface area contributed by atoms with Crippen molar-refractivity contribution in [3.8, 4) is 11.5 Å². The number of fused-ring (bicyclic) bond motifs is 1. The molecule has 0 saturated carbocycles. The van der Waals surface area contributed by atoms with E-state index in [2.05, 4.69) is 16.4 Å². The van der Waals surface area contributed by atoms with Gasteiger partial charge in [0.15, 0.2) is 0 Å². The molecule has 1 aliphatic rings. The number of anilines is 2. The van der Waals surface area contributed by atoms with E-state index in [-0.39, 0.29) is 12.1 Å². The minimum absolute atomic E-state index is 0.0877. The highest BCUT2D eigenvalue weighted by molar-refractivity contribution is 7.98. The normalized spacial score (nSPS) is 14.2. The van der Waals surface area contributed by atoms with Crippen LogP contribution in [0.15, 0.2) is 96.2 Å². The van der Waals surface area contributed by atoms with E-state index in [0.717, 1.165) is 33.3 Å². The number of amides is 1. The lowest BCUT2D eigenvalue weighted by Gasteiger charge is -2.26. The SMILES string of the molecule is COc1ccc(C(=O)N2c3ccccc3NC2c2ccc(OC)c(CSc3ccccn3)c2)cc1. The number of methoxy groups -OCH3 is 2. The van der Waals surface area contributed by atoms with Crippen molar-refractivity contribution in [2.75, 3.05) is 24.4 Å². The highest BCUT2D eigenvalue weighted by Gasteiger charge is 2.35. The summed E-state index contributed by atoms with van der Waals surface area (Å²) in [5.41, 5.74) is 4.36. The minimum atomic E-state index is -0.355. The van der Waals surface area contributed by atoms with Crippen molar-refractivity contribution in [2.24, 2.45) is 0 Å². The Hall–Kier alpha value is -3.97. The molecule has 0 fully saturated rings. The number of aromatic nitrogens is 1. The molecule has 5 rings (SSSR count). The monoisotopic (exact) mass is 483 g/mol. The number of para-hydroxylation sites is 2. The number of benzene rings is 3. The van der Waals surface area contributed by atoms with Gasteiger partial charge in [-0.2, -0.15) is 0 Å². The molecule has 6 nitrogen and oxygen atoms in total. The Morgan fingerprint density at radius 1 is 0.971 bits per heavy atom. The highest BCUT2D eigenvalue weighted by Crippen LogP contribution is 2.43. The largest absolute Gasteiger partial charge is 0.497 e. The van der Waals surface area contributed by atoms with Crippen LogP contribution in [0.4, 0.5) is 11.4 Å². The molecule has 1 amide bonds. The van der Waals surface area contributed by atoms with Crippen molar-refractivity contribution in [1.29, 1.82) is 0 Å². The first-order valence-electron chi connectivity index (χ1n) is 11.2. The predicted octanol–water partition coefficient (Wildman–Crippen LogP) is 6.16. The van der Waals surface area contributed by atoms with Gasteiger partial charge in [-0.25, -0.2) is 4.98 Å². The summed E-state index contributed by atoms with van der Waals surface area (Å²) in [6, 6.07) is 27.0. The van der Waals surface area contributed by atoms with Crippen LogP contribution in [0.5, 0.6) is 11.5 Å². The number of carbonyl (C=O) groups excluding carboxylic acids is 1. The third kappa shape index (κ3) is 4.68. The Bertz CT molecular complexity index is 1330. The molecule has 1 atom stereocenters. The zero-order valence-corrected chi connectivity index (χ0v) is 20.3. The van der Waals surface area contributed by atoms with Gasteiger partial charge in [0.05, 0.1) is 30.6 Å². The van der Waals surface area contributed by atoms with Gasteiger partial charge in [0.1, 0.15) is 17.7 Å². The van der Waals surface area contributed by atoms with Gasteiger partial charge in [0.2, 0.25) is 0 Å². The zero-order chi connectivity index (χ0) is 24.2. The average Bonchev–Trinajstić information content (AvgIpc) is 3.31. The van der Waals surface area contributed by atoms with Crippen LogP contribution in [-0.2, 0) is 5.75 Å². The maximum Gasteiger partial charge on any atom is 0.260 e. The lowest BCUT2D eigenvalue weighted by Crippen LogP contribution is -2.34. The second-order valence-electron chi connectivity index (χ2n) is 8.00. The van der Waals surface area contributed by atoms with Crippen molar-refractivity contribution >= 4 is 29.0 Å². The Labute approximate surface area is 208 Å². The van der Waals surface area contributed by atoms with E-state index in [0.29, 0.717) is 17.1 Å². The Balaban J connectivity index is 1.49. The number of hydrogen-bond donors (Lipinski definition) is 1. The molecular weight excluding hydrogens is 458 g/mol. The third-order valence-corrected chi connectivity index (χ3v) is 6.90. The van der Waals surface area contributed by atoms with E-state index in [1.54, 1.807) is 56.4 Å². The van der Waals surface area contributed by atoms with E-state index in [4.69, 9.17) is 9.47 Å². The number of thioether (sulfide) groups is 1. The van der Waals surface area contributed by atoms with Crippen molar-refractivity contribution < 1.29 is 14.3 Å². The fourth-order valence-corrected chi connectivity index (χ4v) is 4.99. The van der Waals surface area contributed by atoms with Crippen LogP contribution in [0.3, 0.4) is 0 Å². The zero-order valence-electron chi connectivity index (χ0n) is 19.5. The molecule has 2 heterocycles. The summed E-state index contributed by atoms with van der Waals surface area (Å²) < 4.78 is 10.9. The first kappa shape index (κ1) is 22.8. The maximum absolute atomic E-state index is 13.7. The molecule has 0 radical (unpaired) electrons. The van der Waals surface area contributed by atoms with E-state index in [1.807, 2.05) is 59.5 Å². The van der Waals surface area contributed by atoms with E-state index >= 15 is 0 Å². The van der Waals surface area contributed by atoms with Gasteiger partial charge < -0.3 is 14.8 Å². The molecule has 1 aliphatic heterocycles. The lowest BCUT2D eigenvalue weighted by atomic mass is 10.1. The molecule has 1 N–H and O–H groups in total. The molecule has 0 bridgehead atoms. The maximum atomic E-state index is 13.7. The summed E-state index contributed by atoms with van der Waals surface area (Å²) in [6.07, 6.45) is 1.43.